The van der Waals surface area contributed by atoms with Crippen LogP contribution in [-0.4, -0.2) is 17.6 Å². The molecular formula is C41H36Cl2N+. The Kier molecular flexibility index (Phi) is 7.22. The van der Waals surface area contributed by atoms with Gasteiger partial charge in [0.2, 0.25) is 0 Å². The van der Waals surface area contributed by atoms with Crippen LogP contribution in [0.25, 0.3) is 54.9 Å². The average molecular weight is 614 g/mol. The highest BCUT2D eigenvalue weighted by atomic mass is 35.5. The van der Waals surface area contributed by atoms with Crippen molar-refractivity contribution in [3.63, 3.8) is 0 Å². The molecule has 0 radical (unpaired) electrons. The molecule has 0 saturated carbocycles. The molecule has 2 aliphatic rings. The zero-order chi connectivity index (χ0) is 29.7. The first-order chi connectivity index (χ1) is 21.6. The van der Waals surface area contributed by atoms with Gasteiger partial charge < -0.3 is 4.48 Å². The number of halogens is 2. The highest BCUT2D eigenvalue weighted by Crippen LogP contribution is 2.50. The summed E-state index contributed by atoms with van der Waals surface area (Å²) in [5.41, 5.74) is 10.7. The molecular weight excluding hydrogens is 577 g/mol. The Labute approximate surface area is 270 Å². The number of benzene rings is 6. The average Bonchev–Trinajstić information content (AvgIpc) is 3.18. The van der Waals surface area contributed by atoms with Crippen molar-refractivity contribution in [2.45, 2.75) is 45.2 Å². The maximum atomic E-state index is 6.66. The molecule has 1 saturated heterocycles. The maximum Gasteiger partial charge on any atom is 0.106 e. The first-order valence-corrected chi connectivity index (χ1v) is 16.8. The van der Waals surface area contributed by atoms with Gasteiger partial charge in [0, 0.05) is 32.3 Å². The highest BCUT2D eigenvalue weighted by molar-refractivity contribution is 6.31. The van der Waals surface area contributed by atoms with Crippen LogP contribution in [0.3, 0.4) is 0 Å². The summed E-state index contributed by atoms with van der Waals surface area (Å²) in [6.07, 6.45) is 6.52. The Bertz CT molecular complexity index is 1890. The van der Waals surface area contributed by atoms with Crippen LogP contribution in [0, 0.1) is 0 Å². The van der Waals surface area contributed by atoms with Crippen molar-refractivity contribution in [3.8, 4) is 33.4 Å². The second kappa shape index (κ2) is 11.4. The predicted molar refractivity (Wildman–Crippen MR) is 188 cm³/mol. The van der Waals surface area contributed by atoms with Crippen molar-refractivity contribution in [1.82, 2.24) is 0 Å². The van der Waals surface area contributed by atoms with E-state index in [0.29, 0.717) is 0 Å². The van der Waals surface area contributed by atoms with Crippen molar-refractivity contribution in [3.05, 3.63) is 130 Å². The standard InChI is InChI=1S/C41H36Cl2N/c42-32-16-10-14-28(22-32)36-24-30-12-4-6-18-34(30)40-38(36)26-44(20-8-2-1-3-9-21-44)27-39-37(29-15-11-17-33(43)23-29)25-31-13-5-7-19-35(31)41(39)40/h4-7,10-19,22-25H,1-3,8-9,20-21,26-27H2/q+1. The first kappa shape index (κ1) is 27.9. The predicted octanol–water partition coefficient (Wildman–Crippen LogP) is 12.1. The molecule has 0 bridgehead atoms. The van der Waals surface area contributed by atoms with Gasteiger partial charge in [-0.25, -0.2) is 0 Å². The summed E-state index contributed by atoms with van der Waals surface area (Å²) >= 11 is 13.3. The third kappa shape index (κ3) is 4.92. The fourth-order valence-corrected chi connectivity index (χ4v) is 8.47. The first-order valence-electron chi connectivity index (χ1n) is 16.1. The van der Waals surface area contributed by atoms with Crippen LogP contribution < -0.4 is 0 Å². The van der Waals surface area contributed by atoms with Gasteiger partial charge in [0.05, 0.1) is 13.1 Å². The molecule has 0 amide bonds. The van der Waals surface area contributed by atoms with Crippen LogP contribution in [0.1, 0.15) is 43.2 Å². The van der Waals surface area contributed by atoms with E-state index >= 15 is 0 Å². The molecule has 44 heavy (non-hydrogen) atoms. The lowest BCUT2D eigenvalue weighted by molar-refractivity contribution is -0.954. The molecule has 1 fully saturated rings. The van der Waals surface area contributed by atoms with Gasteiger partial charge in [0.1, 0.15) is 13.1 Å². The van der Waals surface area contributed by atoms with Gasteiger partial charge in [-0.05, 0) is 106 Å². The van der Waals surface area contributed by atoms with Gasteiger partial charge in [-0.3, -0.25) is 0 Å². The molecule has 3 heteroatoms. The highest BCUT2D eigenvalue weighted by Gasteiger charge is 2.38. The summed E-state index contributed by atoms with van der Waals surface area (Å²) in [5, 5.41) is 6.76. The molecule has 0 N–H and O–H groups in total. The summed E-state index contributed by atoms with van der Waals surface area (Å²) in [5.74, 6) is 0. The summed E-state index contributed by atoms with van der Waals surface area (Å²) in [6, 6.07) is 39.7. The van der Waals surface area contributed by atoms with Gasteiger partial charge in [0.15, 0.2) is 0 Å². The monoisotopic (exact) mass is 612 g/mol. The van der Waals surface area contributed by atoms with Crippen LogP contribution in [0.15, 0.2) is 109 Å². The van der Waals surface area contributed by atoms with Crippen LogP contribution in [-0.2, 0) is 13.1 Å². The normalized spacial score (nSPS) is 16.2. The number of nitrogens with zero attached hydrogens (tertiary/aromatic N) is 1. The fourth-order valence-electron chi connectivity index (χ4n) is 8.09. The Morgan fingerprint density at radius 3 is 1.39 bits per heavy atom. The summed E-state index contributed by atoms with van der Waals surface area (Å²) < 4.78 is 1.08. The van der Waals surface area contributed by atoms with Gasteiger partial charge in [-0.15, -0.1) is 0 Å². The molecule has 2 heterocycles. The van der Waals surface area contributed by atoms with Crippen LogP contribution in [0.2, 0.25) is 10.0 Å². The van der Waals surface area contributed by atoms with E-state index < -0.39 is 0 Å². The van der Waals surface area contributed by atoms with Gasteiger partial charge in [-0.2, -0.15) is 0 Å². The number of hydrogen-bond acceptors (Lipinski definition) is 0. The molecule has 218 valence electrons. The lowest BCUT2D eigenvalue weighted by Crippen LogP contribution is -2.48. The number of hydrogen-bond donors (Lipinski definition) is 0. The molecule has 8 rings (SSSR count). The number of fused-ring (bicyclic) bond motifs is 7. The molecule has 0 aliphatic carbocycles. The molecule has 0 unspecified atom stereocenters. The Morgan fingerprint density at radius 1 is 0.455 bits per heavy atom. The largest absolute Gasteiger partial charge is 0.316 e. The zero-order valence-corrected chi connectivity index (χ0v) is 26.5. The number of quaternary nitrogens is 1. The summed E-state index contributed by atoms with van der Waals surface area (Å²) in [6.45, 7) is 4.42. The Balaban J connectivity index is 1.56. The SMILES string of the molecule is Clc1cccc(-c2cc3ccccc3c3c2C[N+]2(CCCCCCC2)Cc2c(-c4cccc(Cl)c4)cc4ccccc4c2-3)c1. The van der Waals surface area contributed by atoms with E-state index in [-0.39, 0.29) is 0 Å². The molecule has 0 aromatic heterocycles. The molecule has 1 nitrogen and oxygen atoms in total. The van der Waals surface area contributed by atoms with Gasteiger partial charge >= 0.3 is 0 Å². The van der Waals surface area contributed by atoms with E-state index in [0.717, 1.165) is 27.6 Å². The van der Waals surface area contributed by atoms with Crippen molar-refractivity contribution in [1.29, 1.82) is 0 Å². The lowest BCUT2D eigenvalue weighted by atomic mass is 9.82. The van der Waals surface area contributed by atoms with E-state index in [1.54, 1.807) is 0 Å². The summed E-state index contributed by atoms with van der Waals surface area (Å²) in [4.78, 5) is 0. The maximum absolute atomic E-state index is 6.66. The minimum absolute atomic E-state index is 0.780. The smallest absolute Gasteiger partial charge is 0.106 e. The lowest BCUT2D eigenvalue weighted by Gasteiger charge is -2.40. The molecule has 1 spiro atoms. The zero-order valence-electron chi connectivity index (χ0n) is 25.0. The second-order valence-electron chi connectivity index (χ2n) is 12.9. The Morgan fingerprint density at radius 2 is 0.909 bits per heavy atom. The quantitative estimate of drug-likeness (QED) is 0.171. The van der Waals surface area contributed by atoms with E-state index in [1.165, 1.54) is 111 Å². The third-order valence-corrected chi connectivity index (χ3v) is 10.6. The van der Waals surface area contributed by atoms with E-state index in [4.69, 9.17) is 23.2 Å². The fraction of sp³-hybridized carbons (Fsp3) is 0.220. The van der Waals surface area contributed by atoms with Crippen molar-refractivity contribution in [2.24, 2.45) is 0 Å². The number of rotatable bonds is 2. The van der Waals surface area contributed by atoms with Crippen molar-refractivity contribution < 1.29 is 4.48 Å². The summed E-state index contributed by atoms with van der Waals surface area (Å²) in [7, 11) is 0. The van der Waals surface area contributed by atoms with E-state index in [1.807, 2.05) is 12.1 Å². The van der Waals surface area contributed by atoms with Gasteiger partial charge in [-0.1, -0.05) is 102 Å². The van der Waals surface area contributed by atoms with Gasteiger partial charge in [0.25, 0.3) is 0 Å². The van der Waals surface area contributed by atoms with Crippen molar-refractivity contribution in [2.75, 3.05) is 13.1 Å². The minimum Gasteiger partial charge on any atom is -0.316 e. The molecule has 6 aromatic rings. The third-order valence-electron chi connectivity index (χ3n) is 10.1. The van der Waals surface area contributed by atoms with E-state index in [2.05, 4.69) is 97.1 Å². The second-order valence-corrected chi connectivity index (χ2v) is 13.8. The molecule has 2 aliphatic heterocycles. The molecule has 6 aromatic carbocycles. The van der Waals surface area contributed by atoms with Crippen LogP contribution in [0.5, 0.6) is 0 Å². The minimum atomic E-state index is 0.780. The molecule has 0 atom stereocenters. The van der Waals surface area contributed by atoms with Crippen LogP contribution in [0.4, 0.5) is 0 Å². The van der Waals surface area contributed by atoms with E-state index in [9.17, 15) is 0 Å². The Hall–Kier alpha value is -3.62. The van der Waals surface area contributed by atoms with Crippen LogP contribution >= 0.6 is 23.2 Å². The topological polar surface area (TPSA) is 0 Å². The van der Waals surface area contributed by atoms with Crippen molar-refractivity contribution >= 4 is 44.7 Å².